The van der Waals surface area contributed by atoms with Gasteiger partial charge in [0.2, 0.25) is 0 Å². The third kappa shape index (κ3) is 8.83. The maximum Gasteiger partial charge on any atom is 0 e. The van der Waals surface area contributed by atoms with Crippen LogP contribution in [0.15, 0.2) is 0 Å². The molecule has 0 spiro atoms. The molecule has 0 atom stereocenters. The average molecular weight is 621 g/mol. The van der Waals surface area contributed by atoms with Crippen LogP contribution in [0.2, 0.25) is 0 Å². The van der Waals surface area contributed by atoms with E-state index in [1.807, 2.05) is 0 Å². The first-order valence-electron chi connectivity index (χ1n) is 0. The van der Waals surface area contributed by atoms with Gasteiger partial charge in [0.25, 0.3) is 0 Å². The molecule has 0 heterocycles. The summed E-state index contributed by atoms with van der Waals surface area (Å²) in [6.07, 6.45) is 0. The fourth-order valence-electron chi connectivity index (χ4n) is 0. The van der Waals surface area contributed by atoms with Gasteiger partial charge in [0, 0.05) is 83.0 Å². The first-order chi connectivity index (χ1) is 0. The molecule has 0 aromatic heterocycles. The van der Waals surface area contributed by atoms with Crippen LogP contribution in [0, 0.1) is 0 Å². The molecule has 0 saturated carbocycles. The van der Waals surface area contributed by atoms with E-state index in [-0.39, 0.29) is 83.0 Å². The average Bonchev–Trinajstić information content (AvgIpc) is 0. The van der Waals surface area contributed by atoms with E-state index in [0.717, 1.165) is 0 Å². The number of hydrogen-bond donors (Lipinski definition) is 0. The second kappa shape index (κ2) is 17.3. The van der Waals surface area contributed by atoms with Gasteiger partial charge in [-0.05, 0) is 0 Å². The van der Waals surface area contributed by atoms with E-state index >= 15 is 0 Å². The van der Waals surface area contributed by atoms with Crippen molar-refractivity contribution in [1.82, 2.24) is 0 Å². The minimum Gasteiger partial charge on any atom is 0 e. The van der Waals surface area contributed by atoms with E-state index in [0.29, 0.717) is 0 Å². The Balaban J connectivity index is 0. The fourth-order valence-corrected chi connectivity index (χ4v) is 0. The van der Waals surface area contributed by atoms with Crippen LogP contribution in [0.25, 0.3) is 0 Å². The SMILES string of the molecule is [Ga].[W].[W].[W]. The molecule has 0 bridgehead atoms. The molecule has 0 aromatic carbocycles. The van der Waals surface area contributed by atoms with Gasteiger partial charge in [-0.3, -0.25) is 0 Å². The largest absolute Gasteiger partial charge is 0 e. The third-order valence-corrected chi connectivity index (χ3v) is 0. The molecule has 4 heavy (non-hydrogen) atoms. The van der Waals surface area contributed by atoms with Crippen molar-refractivity contribution in [2.24, 2.45) is 0 Å². The van der Waals surface area contributed by atoms with Gasteiger partial charge in [0.15, 0.2) is 0 Å². The second-order valence-electron chi connectivity index (χ2n) is 0. The Kier molecular flexibility index (Phi) is 129. The van der Waals surface area contributed by atoms with E-state index in [1.54, 1.807) is 0 Å². The van der Waals surface area contributed by atoms with Crippen LogP contribution in [-0.2, 0) is 63.2 Å². The monoisotopic (exact) mass is 621 g/mol. The third-order valence-electron chi connectivity index (χ3n) is 0. The van der Waals surface area contributed by atoms with E-state index in [4.69, 9.17) is 0 Å². The fraction of sp³-hybridized carbons (Fsp3) is 0. The summed E-state index contributed by atoms with van der Waals surface area (Å²) in [5, 5.41) is 0. The van der Waals surface area contributed by atoms with Gasteiger partial charge >= 0.3 is 0 Å². The summed E-state index contributed by atoms with van der Waals surface area (Å²) < 4.78 is 0. The van der Waals surface area contributed by atoms with Crippen LogP contribution in [0.4, 0.5) is 0 Å². The van der Waals surface area contributed by atoms with Crippen LogP contribution < -0.4 is 0 Å². The molecule has 0 unspecified atom stereocenters. The first kappa shape index (κ1) is 29.9. The molecule has 0 fully saturated rings. The predicted octanol–water partition coefficient (Wildman–Crippen LogP) is -0.388. The minimum absolute atomic E-state index is 0. The van der Waals surface area contributed by atoms with Gasteiger partial charge in [-0.25, -0.2) is 0 Å². The van der Waals surface area contributed by atoms with Crippen LogP contribution in [0.1, 0.15) is 0 Å². The van der Waals surface area contributed by atoms with Gasteiger partial charge < -0.3 is 0 Å². The number of rotatable bonds is 0. The summed E-state index contributed by atoms with van der Waals surface area (Å²) in [4.78, 5) is 0. The Morgan fingerprint density at radius 2 is 0.500 bits per heavy atom. The Hall–Kier alpha value is 2.70. The zero-order valence-corrected chi connectivity index (χ0v) is 13.0. The molecule has 3 radical (unpaired) electrons. The first-order valence-corrected chi connectivity index (χ1v) is 0. The van der Waals surface area contributed by atoms with E-state index in [2.05, 4.69) is 0 Å². The maximum atomic E-state index is 0. The summed E-state index contributed by atoms with van der Waals surface area (Å²) in [6.45, 7) is 0. The van der Waals surface area contributed by atoms with E-state index < -0.39 is 0 Å². The zero-order valence-electron chi connectivity index (χ0n) is 1.80. The summed E-state index contributed by atoms with van der Waals surface area (Å²) in [5.41, 5.74) is 0. The molecular formula is GaW3. The van der Waals surface area contributed by atoms with Crippen molar-refractivity contribution >= 4 is 19.8 Å². The Morgan fingerprint density at radius 1 is 0.500 bits per heavy atom. The number of hydrogen-bond acceptors (Lipinski definition) is 0. The molecule has 0 N–H and O–H groups in total. The molecule has 21 valence electrons. The van der Waals surface area contributed by atoms with Gasteiger partial charge in [0.05, 0.1) is 0 Å². The van der Waals surface area contributed by atoms with Crippen LogP contribution in [-0.4, -0.2) is 19.8 Å². The summed E-state index contributed by atoms with van der Waals surface area (Å²) in [6, 6.07) is 0. The molecule has 0 nitrogen and oxygen atoms in total. The zero-order chi connectivity index (χ0) is 0. The van der Waals surface area contributed by atoms with Gasteiger partial charge in [-0.1, -0.05) is 0 Å². The van der Waals surface area contributed by atoms with Crippen LogP contribution in [0.3, 0.4) is 0 Å². The standard InChI is InChI=1S/Ga.3W. The normalized spacial score (nSPS) is 0. The van der Waals surface area contributed by atoms with E-state index in [9.17, 15) is 0 Å². The molecule has 0 aliphatic heterocycles. The molecule has 0 amide bonds. The van der Waals surface area contributed by atoms with Gasteiger partial charge in [-0.2, -0.15) is 0 Å². The maximum absolute atomic E-state index is 0. The smallest absolute Gasteiger partial charge is 0 e. The summed E-state index contributed by atoms with van der Waals surface area (Å²) >= 11 is 0. The van der Waals surface area contributed by atoms with Gasteiger partial charge in [-0.15, -0.1) is 0 Å². The van der Waals surface area contributed by atoms with Crippen molar-refractivity contribution in [1.29, 1.82) is 0 Å². The quantitative estimate of drug-likeness (QED) is 0.324. The molecule has 0 saturated heterocycles. The summed E-state index contributed by atoms with van der Waals surface area (Å²) in [7, 11) is 0. The Morgan fingerprint density at radius 3 is 0.500 bits per heavy atom. The molecule has 4 heteroatoms. The van der Waals surface area contributed by atoms with E-state index in [1.165, 1.54) is 0 Å². The van der Waals surface area contributed by atoms with Gasteiger partial charge in [0.1, 0.15) is 0 Å². The van der Waals surface area contributed by atoms with Crippen molar-refractivity contribution in [2.75, 3.05) is 0 Å². The van der Waals surface area contributed by atoms with Crippen LogP contribution >= 0.6 is 0 Å². The minimum atomic E-state index is 0. The van der Waals surface area contributed by atoms with Crippen LogP contribution in [0.5, 0.6) is 0 Å². The molecule has 0 aromatic rings. The predicted molar refractivity (Wildman–Crippen MR) is 5.75 cm³/mol. The molecule has 0 aliphatic carbocycles. The molecule has 0 aliphatic rings. The summed E-state index contributed by atoms with van der Waals surface area (Å²) in [5.74, 6) is 0. The Labute approximate surface area is 81.7 Å². The molecule has 0 rings (SSSR count). The van der Waals surface area contributed by atoms with Crippen molar-refractivity contribution in [2.45, 2.75) is 0 Å². The van der Waals surface area contributed by atoms with Crippen molar-refractivity contribution < 1.29 is 63.2 Å². The Bertz CT molecular complexity index is 3.25. The topological polar surface area (TPSA) is 0 Å². The van der Waals surface area contributed by atoms with Crippen molar-refractivity contribution in [3.05, 3.63) is 0 Å². The van der Waals surface area contributed by atoms with Crippen molar-refractivity contribution in [3.63, 3.8) is 0 Å². The second-order valence-corrected chi connectivity index (χ2v) is 0. The molecular weight excluding hydrogens is 621 g/mol. The van der Waals surface area contributed by atoms with Crippen molar-refractivity contribution in [3.8, 4) is 0 Å².